The van der Waals surface area contributed by atoms with Crippen LogP contribution in [0.3, 0.4) is 0 Å². The lowest BCUT2D eigenvalue weighted by Gasteiger charge is -2.35. The molecule has 0 saturated heterocycles. The SMILES string of the molecule is O=C(O)C(F)(F)F.O=C(O)Nc1nc2cc(C3(O)c4ccccc4C(=O)N3c3cccc(C(F)(F)F)c3)ccc2[nH]1. The van der Waals surface area contributed by atoms with Gasteiger partial charge in [0.1, 0.15) is 0 Å². The number of aromatic nitrogens is 2. The zero-order valence-corrected chi connectivity index (χ0v) is 20.1. The number of fused-ring (bicyclic) bond motifs is 2. The second-order valence-electron chi connectivity index (χ2n) is 8.46. The lowest BCUT2D eigenvalue weighted by atomic mass is 9.93. The number of aliphatic hydroxyl groups is 1. The highest BCUT2D eigenvalue weighted by molar-refractivity contribution is 6.12. The molecule has 5 rings (SSSR count). The number of amides is 2. The number of anilines is 2. The summed E-state index contributed by atoms with van der Waals surface area (Å²) < 4.78 is 71.9. The summed E-state index contributed by atoms with van der Waals surface area (Å²) in [6, 6.07) is 14.8. The molecular formula is C25H16F6N4O6. The molecule has 0 spiro atoms. The molecule has 214 valence electrons. The summed E-state index contributed by atoms with van der Waals surface area (Å²) in [5.41, 5.74) is -2.06. The zero-order valence-electron chi connectivity index (χ0n) is 20.1. The van der Waals surface area contributed by atoms with Crippen molar-refractivity contribution in [2.24, 2.45) is 0 Å². The van der Waals surface area contributed by atoms with E-state index in [0.717, 1.165) is 23.1 Å². The molecule has 3 aromatic carbocycles. The lowest BCUT2D eigenvalue weighted by Crippen LogP contribution is -2.45. The summed E-state index contributed by atoms with van der Waals surface area (Å²) in [6.45, 7) is 0. The number of halogens is 6. The van der Waals surface area contributed by atoms with E-state index in [1.807, 2.05) is 0 Å². The van der Waals surface area contributed by atoms with Gasteiger partial charge in [-0.15, -0.1) is 0 Å². The standard InChI is InChI=1S/C23H15F3N4O4.C2HF3O2/c24-23(25,26)13-4-3-5-14(10-13)30-19(31)15-6-1-2-7-16(15)22(30,34)12-8-9-17-18(11-12)28-20(27-17)29-21(32)33;3-2(4,5)1(6)7/h1-11,34H,(H,32,33)(H2,27,28,29);(H,6,7). The highest BCUT2D eigenvalue weighted by Gasteiger charge is 2.51. The molecule has 41 heavy (non-hydrogen) atoms. The van der Waals surface area contributed by atoms with Gasteiger partial charge in [0.15, 0.2) is 5.72 Å². The number of aliphatic carboxylic acids is 1. The van der Waals surface area contributed by atoms with Crippen LogP contribution in [0.4, 0.5) is 42.8 Å². The maximum atomic E-state index is 13.4. The third-order valence-electron chi connectivity index (χ3n) is 5.84. The van der Waals surface area contributed by atoms with E-state index in [-0.39, 0.29) is 33.8 Å². The molecule has 0 aliphatic carbocycles. The van der Waals surface area contributed by atoms with Crippen LogP contribution in [0.25, 0.3) is 11.0 Å². The number of carboxylic acids is 1. The van der Waals surface area contributed by atoms with Gasteiger partial charge >= 0.3 is 24.4 Å². The third-order valence-corrected chi connectivity index (χ3v) is 5.84. The molecule has 1 aliphatic rings. The Hall–Kier alpha value is -5.12. The Morgan fingerprint density at radius 1 is 0.927 bits per heavy atom. The van der Waals surface area contributed by atoms with Gasteiger partial charge in [0, 0.05) is 22.4 Å². The number of nitrogens with one attached hydrogen (secondary N) is 2. The molecule has 0 saturated carbocycles. The first kappa shape index (κ1) is 28.9. The van der Waals surface area contributed by atoms with E-state index in [2.05, 4.69) is 15.3 Å². The maximum Gasteiger partial charge on any atom is 0.490 e. The second kappa shape index (κ2) is 10.1. The van der Waals surface area contributed by atoms with Gasteiger partial charge < -0.3 is 20.3 Å². The number of alkyl halides is 6. The highest BCUT2D eigenvalue weighted by Crippen LogP contribution is 2.46. The van der Waals surface area contributed by atoms with Crippen LogP contribution in [-0.4, -0.2) is 49.4 Å². The van der Waals surface area contributed by atoms with Crippen LogP contribution in [0.1, 0.15) is 27.0 Å². The minimum Gasteiger partial charge on any atom is -0.475 e. The Morgan fingerprint density at radius 2 is 1.59 bits per heavy atom. The number of hydrogen-bond donors (Lipinski definition) is 5. The largest absolute Gasteiger partial charge is 0.490 e. The monoisotopic (exact) mass is 582 g/mol. The van der Waals surface area contributed by atoms with Crippen molar-refractivity contribution in [2.45, 2.75) is 18.1 Å². The van der Waals surface area contributed by atoms with Crippen LogP contribution < -0.4 is 10.2 Å². The molecule has 16 heteroatoms. The molecule has 1 atom stereocenters. The van der Waals surface area contributed by atoms with Gasteiger partial charge in [-0.05, 0) is 36.4 Å². The summed E-state index contributed by atoms with van der Waals surface area (Å²) >= 11 is 0. The van der Waals surface area contributed by atoms with Gasteiger partial charge in [-0.3, -0.25) is 15.0 Å². The van der Waals surface area contributed by atoms with Crippen LogP contribution in [-0.2, 0) is 16.7 Å². The number of H-pyrrole nitrogens is 1. The molecular weight excluding hydrogens is 566 g/mol. The number of rotatable bonds is 3. The van der Waals surface area contributed by atoms with Gasteiger partial charge in [0.2, 0.25) is 5.95 Å². The van der Waals surface area contributed by atoms with Crippen molar-refractivity contribution in [1.29, 1.82) is 0 Å². The maximum absolute atomic E-state index is 13.4. The van der Waals surface area contributed by atoms with Crippen molar-refractivity contribution in [3.05, 3.63) is 89.0 Å². The zero-order chi connectivity index (χ0) is 30.3. The predicted molar refractivity (Wildman–Crippen MR) is 129 cm³/mol. The number of benzene rings is 3. The highest BCUT2D eigenvalue weighted by atomic mass is 19.4. The molecule has 0 fully saturated rings. The van der Waals surface area contributed by atoms with E-state index in [1.165, 1.54) is 36.4 Å². The number of aromatic amines is 1. The van der Waals surface area contributed by atoms with Crippen LogP contribution in [0.5, 0.6) is 0 Å². The van der Waals surface area contributed by atoms with Crippen molar-refractivity contribution in [2.75, 3.05) is 10.2 Å². The molecule has 2 amide bonds. The Bertz CT molecular complexity index is 1670. The molecule has 10 nitrogen and oxygen atoms in total. The molecule has 0 bridgehead atoms. The first-order chi connectivity index (χ1) is 19.0. The van der Waals surface area contributed by atoms with E-state index in [9.17, 15) is 41.0 Å². The molecule has 1 unspecified atom stereocenters. The minimum absolute atomic E-state index is 0.0516. The van der Waals surface area contributed by atoms with Gasteiger partial charge in [-0.25, -0.2) is 14.6 Å². The fraction of sp³-hybridized carbons (Fsp3) is 0.120. The average Bonchev–Trinajstić information content (AvgIpc) is 3.38. The smallest absolute Gasteiger partial charge is 0.475 e. The van der Waals surface area contributed by atoms with Crippen molar-refractivity contribution in [3.8, 4) is 0 Å². The van der Waals surface area contributed by atoms with Crippen LogP contribution in [0.2, 0.25) is 0 Å². The number of nitrogens with zero attached hydrogens (tertiary/aromatic N) is 2. The predicted octanol–water partition coefficient (Wildman–Crippen LogP) is 5.16. The molecule has 5 N–H and O–H groups in total. The summed E-state index contributed by atoms with van der Waals surface area (Å²) in [5, 5.41) is 30.1. The van der Waals surface area contributed by atoms with Crippen molar-refractivity contribution < 1.29 is 56.0 Å². The lowest BCUT2D eigenvalue weighted by molar-refractivity contribution is -0.192. The van der Waals surface area contributed by atoms with E-state index in [4.69, 9.17) is 15.0 Å². The molecule has 2 heterocycles. The van der Waals surface area contributed by atoms with E-state index >= 15 is 0 Å². The van der Waals surface area contributed by atoms with E-state index < -0.39 is 41.6 Å². The molecule has 1 aliphatic heterocycles. The number of carboxylic acid groups (broad SMARTS) is 2. The fourth-order valence-electron chi connectivity index (χ4n) is 4.15. The number of imidazole rings is 1. The second-order valence-corrected chi connectivity index (χ2v) is 8.46. The Labute approximate surface area is 224 Å². The summed E-state index contributed by atoms with van der Waals surface area (Å²) in [6.07, 6.45) is -11.1. The number of hydrogen-bond acceptors (Lipinski definition) is 5. The van der Waals surface area contributed by atoms with E-state index in [0.29, 0.717) is 5.52 Å². The summed E-state index contributed by atoms with van der Waals surface area (Å²) in [7, 11) is 0. The van der Waals surface area contributed by atoms with Crippen LogP contribution in [0, 0.1) is 0 Å². The first-order valence-corrected chi connectivity index (χ1v) is 11.2. The average molecular weight is 582 g/mol. The summed E-state index contributed by atoms with van der Waals surface area (Å²) in [5.74, 6) is -3.48. The molecule has 0 radical (unpaired) electrons. The minimum atomic E-state index is -5.08. The summed E-state index contributed by atoms with van der Waals surface area (Å²) in [4.78, 5) is 40.9. The Kier molecular flexibility index (Phi) is 7.13. The first-order valence-electron chi connectivity index (χ1n) is 11.2. The van der Waals surface area contributed by atoms with E-state index in [1.54, 1.807) is 12.1 Å². The van der Waals surface area contributed by atoms with Gasteiger partial charge in [-0.1, -0.05) is 30.3 Å². The van der Waals surface area contributed by atoms with Gasteiger partial charge in [-0.2, -0.15) is 26.3 Å². The Morgan fingerprint density at radius 3 is 2.20 bits per heavy atom. The molecule has 1 aromatic heterocycles. The van der Waals surface area contributed by atoms with Gasteiger partial charge in [0.25, 0.3) is 5.91 Å². The number of carbonyl (C=O) groups is 3. The van der Waals surface area contributed by atoms with Crippen molar-refractivity contribution >= 4 is 40.6 Å². The van der Waals surface area contributed by atoms with Crippen molar-refractivity contribution in [1.82, 2.24) is 9.97 Å². The van der Waals surface area contributed by atoms with Crippen molar-refractivity contribution in [3.63, 3.8) is 0 Å². The van der Waals surface area contributed by atoms with Crippen LogP contribution >= 0.6 is 0 Å². The fourth-order valence-corrected chi connectivity index (χ4v) is 4.15. The Balaban J connectivity index is 0.000000493. The van der Waals surface area contributed by atoms with Gasteiger partial charge in [0.05, 0.1) is 16.6 Å². The quantitative estimate of drug-likeness (QED) is 0.209. The number of carbonyl (C=O) groups excluding carboxylic acids is 1. The topological polar surface area (TPSA) is 156 Å². The van der Waals surface area contributed by atoms with Crippen LogP contribution in [0.15, 0.2) is 66.7 Å². The normalized spacial score (nSPS) is 16.7. The third kappa shape index (κ3) is 5.49. The molecule has 4 aromatic rings.